The van der Waals surface area contributed by atoms with E-state index in [9.17, 15) is 9.59 Å². The number of morpholine rings is 1. The third-order valence-electron chi connectivity index (χ3n) is 8.94. The molecule has 0 bridgehead atoms. The Hall–Kier alpha value is -4.05. The number of unbranched alkanes of at least 4 members (excludes halogenated alkanes) is 7. The van der Waals surface area contributed by atoms with Crippen LogP contribution in [0.5, 0.6) is 23.0 Å². The quantitative estimate of drug-likeness (QED) is 0.143. The second-order valence-electron chi connectivity index (χ2n) is 12.2. The van der Waals surface area contributed by atoms with Crippen LogP contribution in [0.25, 0.3) is 6.08 Å². The Labute approximate surface area is 278 Å². The first-order valence-electron chi connectivity index (χ1n) is 17.1. The van der Waals surface area contributed by atoms with Crippen molar-refractivity contribution < 1.29 is 33.3 Å². The van der Waals surface area contributed by atoms with E-state index >= 15 is 0 Å². The van der Waals surface area contributed by atoms with Gasteiger partial charge in [0.15, 0.2) is 23.0 Å². The highest BCUT2D eigenvalue weighted by Crippen LogP contribution is 2.38. The van der Waals surface area contributed by atoms with Crippen molar-refractivity contribution in [2.24, 2.45) is 4.99 Å². The van der Waals surface area contributed by atoms with Crippen LogP contribution < -0.4 is 18.9 Å². The number of hydrogen-bond donors (Lipinski definition) is 0. The number of fused-ring (bicyclic) bond motifs is 2. The maximum absolute atomic E-state index is 13.0. The summed E-state index contributed by atoms with van der Waals surface area (Å²) in [6, 6.07) is 9.44. The molecule has 2 aromatic carbocycles. The molecule has 0 N–H and O–H groups in total. The number of hydrogen-bond acceptors (Lipinski definition) is 8. The minimum Gasteiger partial charge on any atom is -0.493 e. The van der Waals surface area contributed by atoms with Crippen LogP contribution in [0.3, 0.4) is 0 Å². The van der Waals surface area contributed by atoms with Gasteiger partial charge in [0.1, 0.15) is 0 Å². The van der Waals surface area contributed by atoms with Gasteiger partial charge in [-0.1, -0.05) is 44.6 Å². The number of carbonyl (C=O) groups excluding carboxylic acids is 2. The van der Waals surface area contributed by atoms with E-state index in [0.29, 0.717) is 68.0 Å². The van der Waals surface area contributed by atoms with Gasteiger partial charge >= 0.3 is 0 Å². The van der Waals surface area contributed by atoms with Gasteiger partial charge in [0.25, 0.3) is 5.91 Å². The van der Waals surface area contributed by atoms with Crippen molar-refractivity contribution >= 4 is 29.8 Å². The third kappa shape index (κ3) is 9.50. The molecule has 0 unspecified atom stereocenters. The number of methoxy groups -OCH3 is 2. The SMILES string of the molecule is COc1cc(/C=C/C(=O)N2CCOCC2)ccc1OCCCCCCCCCCOc1cc2c(cc1OC)C(=O)N1CCC[C@H]1C=N2. The molecular formula is C37H49N3O7. The monoisotopic (exact) mass is 647 g/mol. The summed E-state index contributed by atoms with van der Waals surface area (Å²) in [5.74, 6) is 2.62. The average Bonchev–Trinajstić information content (AvgIpc) is 3.54. The summed E-state index contributed by atoms with van der Waals surface area (Å²) in [6.07, 6.45) is 16.2. The van der Waals surface area contributed by atoms with E-state index in [-0.39, 0.29) is 17.9 Å². The molecule has 0 aliphatic carbocycles. The van der Waals surface area contributed by atoms with Crippen molar-refractivity contribution in [2.75, 3.05) is 60.3 Å². The van der Waals surface area contributed by atoms with E-state index in [4.69, 9.17) is 23.7 Å². The maximum atomic E-state index is 13.0. The van der Waals surface area contributed by atoms with E-state index in [2.05, 4.69) is 4.99 Å². The highest BCUT2D eigenvalue weighted by Gasteiger charge is 2.32. The van der Waals surface area contributed by atoms with Crippen LogP contribution in [-0.4, -0.2) is 94.2 Å². The Morgan fingerprint density at radius 3 is 2.21 bits per heavy atom. The Morgan fingerprint density at radius 2 is 1.51 bits per heavy atom. The van der Waals surface area contributed by atoms with Gasteiger partial charge in [-0.05, 0) is 55.5 Å². The fourth-order valence-corrected chi connectivity index (χ4v) is 6.21. The molecule has 2 fully saturated rings. The van der Waals surface area contributed by atoms with Crippen molar-refractivity contribution in [2.45, 2.75) is 70.3 Å². The number of carbonyl (C=O) groups is 2. The summed E-state index contributed by atoms with van der Waals surface area (Å²) in [4.78, 5) is 33.7. The van der Waals surface area contributed by atoms with Crippen LogP contribution in [0.1, 0.15) is 80.1 Å². The molecule has 3 aliphatic heterocycles. The van der Waals surface area contributed by atoms with E-state index in [1.165, 1.54) is 25.7 Å². The molecule has 3 aliphatic rings. The summed E-state index contributed by atoms with van der Waals surface area (Å²) in [5.41, 5.74) is 2.13. The molecule has 0 aromatic heterocycles. The van der Waals surface area contributed by atoms with Gasteiger partial charge in [-0.2, -0.15) is 0 Å². The van der Waals surface area contributed by atoms with Crippen molar-refractivity contribution in [3.8, 4) is 23.0 Å². The number of benzene rings is 2. The Bertz CT molecular complexity index is 1400. The van der Waals surface area contributed by atoms with Crippen LogP contribution in [0.4, 0.5) is 5.69 Å². The molecule has 10 nitrogen and oxygen atoms in total. The maximum Gasteiger partial charge on any atom is 0.256 e. The van der Waals surface area contributed by atoms with Gasteiger partial charge in [-0.3, -0.25) is 14.6 Å². The first-order chi connectivity index (χ1) is 23.1. The summed E-state index contributed by atoms with van der Waals surface area (Å²) in [7, 11) is 3.24. The van der Waals surface area contributed by atoms with Crippen LogP contribution in [0, 0.1) is 0 Å². The standard InChI is InChI=1S/C37H49N3O7/c1-43-33-24-28(14-16-36(41)39-18-22-45-23-19-39)13-15-32(33)46-20-9-7-5-3-4-6-8-10-21-47-35-26-31-30(25-34(35)44-2)37(42)40-17-11-12-29(40)27-38-31/h13-16,24-27,29H,3-12,17-23H2,1-2H3/b16-14+/t29-/m0/s1. The van der Waals surface area contributed by atoms with Gasteiger partial charge in [0.05, 0.1) is 57.9 Å². The first-order valence-corrected chi connectivity index (χ1v) is 17.1. The van der Waals surface area contributed by atoms with Gasteiger partial charge < -0.3 is 33.5 Å². The first kappa shape index (κ1) is 34.3. The van der Waals surface area contributed by atoms with E-state index in [1.807, 2.05) is 41.5 Å². The van der Waals surface area contributed by atoms with Crippen molar-refractivity contribution in [3.63, 3.8) is 0 Å². The fourth-order valence-electron chi connectivity index (χ4n) is 6.21. The second-order valence-corrected chi connectivity index (χ2v) is 12.2. The highest BCUT2D eigenvalue weighted by molar-refractivity contribution is 6.03. The molecule has 254 valence electrons. The lowest BCUT2D eigenvalue weighted by molar-refractivity contribution is -0.129. The highest BCUT2D eigenvalue weighted by atomic mass is 16.5. The lowest BCUT2D eigenvalue weighted by atomic mass is 10.1. The molecule has 3 heterocycles. The number of ether oxygens (including phenoxy) is 5. The van der Waals surface area contributed by atoms with Crippen molar-refractivity contribution in [3.05, 3.63) is 47.5 Å². The van der Waals surface area contributed by atoms with E-state index < -0.39 is 0 Å². The van der Waals surface area contributed by atoms with Gasteiger partial charge in [-0.25, -0.2) is 0 Å². The Morgan fingerprint density at radius 1 is 0.851 bits per heavy atom. The number of rotatable bonds is 17. The van der Waals surface area contributed by atoms with Crippen molar-refractivity contribution in [1.82, 2.24) is 9.80 Å². The molecule has 0 saturated carbocycles. The van der Waals surface area contributed by atoms with E-state index in [0.717, 1.165) is 56.4 Å². The molecule has 0 radical (unpaired) electrons. The van der Waals surface area contributed by atoms with Gasteiger partial charge in [0, 0.05) is 38.0 Å². The van der Waals surface area contributed by atoms with E-state index in [1.54, 1.807) is 31.3 Å². The smallest absolute Gasteiger partial charge is 0.256 e. The molecule has 5 rings (SSSR count). The van der Waals surface area contributed by atoms with Gasteiger partial charge in [0.2, 0.25) is 5.91 Å². The van der Waals surface area contributed by atoms with Crippen LogP contribution >= 0.6 is 0 Å². The molecule has 10 heteroatoms. The molecular weight excluding hydrogens is 598 g/mol. The molecule has 1 atom stereocenters. The number of nitrogens with zero attached hydrogens (tertiary/aromatic N) is 3. The number of amides is 2. The molecule has 0 spiro atoms. The van der Waals surface area contributed by atoms with Gasteiger partial charge in [-0.15, -0.1) is 0 Å². The summed E-state index contributed by atoms with van der Waals surface area (Å²) >= 11 is 0. The minimum atomic E-state index is -0.00430. The number of aliphatic imine (C=N–C) groups is 1. The minimum absolute atomic E-state index is 0.00430. The molecule has 2 aromatic rings. The third-order valence-corrected chi connectivity index (χ3v) is 8.94. The summed E-state index contributed by atoms with van der Waals surface area (Å²) in [5, 5.41) is 0. The summed E-state index contributed by atoms with van der Waals surface area (Å²) in [6.45, 7) is 4.45. The second kappa shape index (κ2) is 17.8. The Kier molecular flexibility index (Phi) is 13.0. The zero-order chi connectivity index (χ0) is 32.8. The lowest BCUT2D eigenvalue weighted by Gasteiger charge is -2.25. The molecule has 2 amide bonds. The van der Waals surface area contributed by atoms with Crippen LogP contribution in [0.2, 0.25) is 0 Å². The topological polar surface area (TPSA) is 99.1 Å². The fraction of sp³-hybridized carbons (Fsp3) is 0.541. The predicted octanol–water partition coefficient (Wildman–Crippen LogP) is 6.47. The van der Waals surface area contributed by atoms with Crippen molar-refractivity contribution in [1.29, 1.82) is 0 Å². The summed E-state index contributed by atoms with van der Waals surface area (Å²) < 4.78 is 28.5. The largest absolute Gasteiger partial charge is 0.493 e. The lowest BCUT2D eigenvalue weighted by Crippen LogP contribution is -2.39. The Balaban J connectivity index is 0.927. The molecule has 2 saturated heterocycles. The normalized spacial score (nSPS) is 17.4. The van der Waals surface area contributed by atoms with Crippen LogP contribution in [0.15, 0.2) is 41.4 Å². The van der Waals surface area contributed by atoms with Crippen LogP contribution in [-0.2, 0) is 9.53 Å². The molecule has 47 heavy (non-hydrogen) atoms. The average molecular weight is 648 g/mol. The zero-order valence-corrected chi connectivity index (χ0v) is 27.9. The zero-order valence-electron chi connectivity index (χ0n) is 27.9. The predicted molar refractivity (Wildman–Crippen MR) is 183 cm³/mol.